The zero-order chi connectivity index (χ0) is 60.3. The molecule has 22 N–H and O–H groups in total. The van der Waals surface area contributed by atoms with Gasteiger partial charge in [0.15, 0.2) is 28.3 Å². The van der Waals surface area contributed by atoms with Crippen molar-refractivity contribution in [3.05, 3.63) is 176 Å². The van der Waals surface area contributed by atoms with E-state index in [9.17, 15) is 34.7 Å². The molecule has 0 aromatic heterocycles. The number of rotatable bonds is 8. The number of aromatic nitrogens is 1. The minimum Gasteiger partial charge on any atom is -0.508 e. The number of nitrogens with two attached hydrogens (primary N) is 2. The molecule has 3 aliphatic rings. The van der Waals surface area contributed by atoms with Crippen LogP contribution in [0.15, 0.2) is 165 Å². The van der Waals surface area contributed by atoms with Crippen molar-refractivity contribution in [2.45, 2.75) is 6.92 Å². The van der Waals surface area contributed by atoms with Crippen molar-refractivity contribution in [1.29, 1.82) is 0 Å². The summed E-state index contributed by atoms with van der Waals surface area (Å²) < 4.78 is 31.7. The van der Waals surface area contributed by atoms with E-state index < -0.39 is 0 Å². The summed E-state index contributed by atoms with van der Waals surface area (Å²) in [5, 5.41) is 70.0. The molecule has 1 radical (unpaired) electrons. The van der Waals surface area contributed by atoms with Gasteiger partial charge in [-0.25, -0.2) is 4.98 Å². The van der Waals surface area contributed by atoms with Crippen LogP contribution in [0.25, 0.3) is 44.8 Å². The van der Waals surface area contributed by atoms with E-state index in [4.69, 9.17) is 81.0 Å². The van der Waals surface area contributed by atoms with Crippen molar-refractivity contribution in [2.24, 2.45) is 10.4 Å². The number of nitrogens with zero attached hydrogens (tertiary/aromatic N) is 4. The number of hydrogen-bond acceptors (Lipinski definition) is 27. The number of aromatic hydroxyl groups is 3. The number of amides is 1. The number of benzene rings is 8. The number of nitrogen functional groups attached to an aromatic ring is 2. The number of phenols is 3. The van der Waals surface area contributed by atoms with Gasteiger partial charge in [0.2, 0.25) is 5.91 Å². The van der Waals surface area contributed by atoms with Crippen LogP contribution in [0.5, 0.6) is 51.7 Å². The summed E-state index contributed by atoms with van der Waals surface area (Å²) in [5.74, 6) is 3.26. The predicted molar refractivity (Wildman–Crippen MR) is 316 cm³/mol. The van der Waals surface area contributed by atoms with E-state index in [1.807, 2.05) is 36.4 Å². The van der Waals surface area contributed by atoms with Crippen molar-refractivity contribution in [1.82, 2.24) is 11.1 Å². The Morgan fingerprint density at radius 1 is 0.523 bits per heavy atom. The second-order valence-corrected chi connectivity index (χ2v) is 15.6. The fourth-order valence-corrected chi connectivity index (χ4v) is 7.37. The minimum absolute atomic E-state index is 0. The van der Waals surface area contributed by atoms with Crippen LogP contribution in [0.1, 0.15) is 6.92 Å². The van der Waals surface area contributed by atoms with E-state index in [-0.39, 0.29) is 79.3 Å². The summed E-state index contributed by atoms with van der Waals surface area (Å²) in [4.78, 5) is 64.0. The van der Waals surface area contributed by atoms with Crippen LogP contribution in [-0.4, -0.2) is 103 Å². The van der Waals surface area contributed by atoms with Crippen molar-refractivity contribution in [3.8, 4) is 85.5 Å². The van der Waals surface area contributed by atoms with Gasteiger partial charge in [0.25, 0.3) is 0 Å². The van der Waals surface area contributed by atoms with Gasteiger partial charge in [-0.3, -0.25) is 46.0 Å². The number of hydrogen-bond donors (Lipinski definition) is 12. The number of methoxy groups -OCH3 is 4. The van der Waals surface area contributed by atoms with Gasteiger partial charge < -0.3 is 77.5 Å². The largest absolute Gasteiger partial charge is 2.00 e. The summed E-state index contributed by atoms with van der Waals surface area (Å²) >= 11 is 0. The SMILES string of the molecule is CC(=O)N1c2ccc(O)cc2Oc2cc(O)ccc21.COc1cc(-c2ccc(N)c(OC)c2)ccc1N.COc1cc(-c2ccc(N=O)c(OC)c2)ccc1N=O.N.O.O.O.O=O.O=c1ccc2nc3ccc(O)cc3oc-2c1.OO.OO.OO.[Co+2]. The maximum Gasteiger partial charge on any atom is 2.00 e. The van der Waals surface area contributed by atoms with Crippen LogP contribution in [-0.2, 0) is 21.6 Å². The number of anilines is 4. The predicted octanol–water partition coefficient (Wildman–Crippen LogP) is 9.39. The number of carbonyl (C=O) groups excluding carboxylic acids is 1. The molecule has 10 rings (SSSR count). The number of phenolic OH excluding ortho intramolecular Hbond substituents is 3. The molecule has 1 amide bonds. The first-order chi connectivity index (χ1) is 39.2. The third-order valence-corrected chi connectivity index (χ3v) is 10.9. The van der Waals surface area contributed by atoms with E-state index >= 15 is 0 Å². The van der Waals surface area contributed by atoms with Crippen LogP contribution in [0.2, 0.25) is 0 Å². The second-order valence-electron chi connectivity index (χ2n) is 15.6. The van der Waals surface area contributed by atoms with E-state index in [1.54, 1.807) is 80.9 Å². The zero-order valence-corrected chi connectivity index (χ0v) is 46.8. The molecule has 86 heavy (non-hydrogen) atoms. The third-order valence-electron chi connectivity index (χ3n) is 10.9. The Hall–Kier alpha value is -10.5. The molecule has 0 unspecified atom stereocenters. The summed E-state index contributed by atoms with van der Waals surface area (Å²) in [6.07, 6.45) is 0. The van der Waals surface area contributed by atoms with E-state index in [1.165, 1.54) is 68.5 Å². The third kappa shape index (κ3) is 20.5. The Bertz CT molecular complexity index is 3420. The quantitative estimate of drug-likeness (QED) is 0.0221. The zero-order valence-electron chi connectivity index (χ0n) is 45.8. The summed E-state index contributed by atoms with van der Waals surface area (Å²) in [6.45, 7) is 1.44. The van der Waals surface area contributed by atoms with Gasteiger partial charge in [0.1, 0.15) is 62.8 Å². The fourth-order valence-electron chi connectivity index (χ4n) is 7.37. The Labute approximate surface area is 496 Å². The van der Waals surface area contributed by atoms with E-state index in [2.05, 4.69) is 15.3 Å². The molecular weight excluding hydrogens is 1190 g/mol. The molecule has 0 saturated heterocycles. The van der Waals surface area contributed by atoms with Crippen LogP contribution in [0.4, 0.5) is 34.1 Å². The molecule has 0 fully saturated rings. The van der Waals surface area contributed by atoms with Crippen molar-refractivity contribution >= 4 is 51.1 Å². The summed E-state index contributed by atoms with van der Waals surface area (Å²) in [7, 11) is 6.12. The maximum absolute atomic E-state index is 11.8. The molecule has 2 heterocycles. The Kier molecular flexibility index (Phi) is 37.0. The molecular formula is C54H61CoN7O24+2. The van der Waals surface area contributed by atoms with Gasteiger partial charge in [0.05, 0.1) is 51.2 Å². The topological polar surface area (TPSA) is 566 Å². The summed E-state index contributed by atoms with van der Waals surface area (Å²) in [5.41, 5.74) is 19.6. The molecule has 0 atom stereocenters. The average molecular weight is 1250 g/mol. The molecule has 0 spiro atoms. The number of ether oxygens (including phenoxy) is 5. The molecule has 2 aliphatic heterocycles. The smallest absolute Gasteiger partial charge is 0.508 e. The van der Waals surface area contributed by atoms with Crippen LogP contribution < -0.4 is 51.6 Å². The van der Waals surface area contributed by atoms with Gasteiger partial charge in [-0.15, -0.1) is 9.81 Å². The van der Waals surface area contributed by atoms with Crippen LogP contribution in [0.3, 0.4) is 0 Å². The van der Waals surface area contributed by atoms with Gasteiger partial charge in [0, 0.05) is 41.1 Å². The number of fused-ring (bicyclic) bond motifs is 4. The molecule has 0 saturated carbocycles. The first kappa shape index (κ1) is 79.8. The van der Waals surface area contributed by atoms with Crippen LogP contribution in [0, 0.1) is 19.7 Å². The first-order valence-corrected chi connectivity index (χ1v) is 22.5. The number of nitroso groups, excluding NO2 is 2. The van der Waals surface area contributed by atoms with E-state index in [0.29, 0.717) is 79.8 Å². The Balaban J connectivity index is -0.00000101. The standard InChI is InChI=1S/C14H12N2O4.C14H16N2O2.C14H11NO4.C12H7NO3.Co.H3N.3H2O2.O2.3H2O/c1-19-13-7-9(3-5-11(13)15-17)10-4-6-12(16-18)14(8-10)20-2;1-17-13-7-9(3-5-11(13)15)10-4-6-12(16)14(8-10)18-2;1-8(16)15-11-4-2-9(17)6-13(11)19-14-7-10(18)3-5-12(14)15;14-7-1-3-9-11(5-7)16-12-6-8(15)2-4-10(12)13-9;;;4*1-2;;;/h3-8H,1-2H3;3-8H,15-16H2,1-2H3;2-7,17-18H,1H3;1-6,14H;;1H3;3*1-2H;;3*1H2/q;;;;+2;;;;;;;;. The maximum atomic E-state index is 11.8. The second kappa shape index (κ2) is 39.9. The normalized spacial score (nSPS) is 9.45. The molecule has 1 aliphatic carbocycles. The molecule has 31 nitrogen and oxygen atoms in total. The summed E-state index contributed by atoms with van der Waals surface area (Å²) in [6, 6.07) is 39.5. The average Bonchev–Trinajstić information content (AvgIpc) is 1.21. The van der Waals surface area contributed by atoms with Gasteiger partial charge in [-0.2, -0.15) is 0 Å². The Morgan fingerprint density at radius 2 is 0.895 bits per heavy atom. The van der Waals surface area contributed by atoms with Crippen molar-refractivity contribution in [3.63, 3.8) is 0 Å². The van der Waals surface area contributed by atoms with Crippen molar-refractivity contribution in [2.75, 3.05) is 44.8 Å². The van der Waals surface area contributed by atoms with Crippen LogP contribution >= 0.6 is 0 Å². The fraction of sp³-hybridized carbons (Fsp3) is 0.0926. The molecule has 7 aromatic carbocycles. The monoisotopic (exact) mass is 1250 g/mol. The first-order valence-electron chi connectivity index (χ1n) is 22.5. The Morgan fingerprint density at radius 3 is 1.28 bits per heavy atom. The molecule has 7 aromatic rings. The molecule has 463 valence electrons. The van der Waals surface area contributed by atoms with Gasteiger partial charge >= 0.3 is 16.8 Å². The molecule has 32 heteroatoms. The number of carbonyl (C=O) groups is 1. The minimum atomic E-state index is -0.179. The van der Waals surface area contributed by atoms with Gasteiger partial charge in [-0.05, 0) is 130 Å². The molecule has 0 bridgehead atoms. The van der Waals surface area contributed by atoms with E-state index in [0.717, 1.165) is 22.3 Å². The van der Waals surface area contributed by atoms with Crippen molar-refractivity contribution < 1.29 is 113 Å². The van der Waals surface area contributed by atoms with Gasteiger partial charge in [-0.1, -0.05) is 24.3 Å².